The molecular formula is C5H5ClF4O2. The predicted molar refractivity (Wildman–Crippen MR) is 32.6 cm³/mol. The quantitative estimate of drug-likeness (QED) is 0.508. The third-order valence-electron chi connectivity index (χ3n) is 0.829. The van der Waals surface area contributed by atoms with E-state index in [9.17, 15) is 22.4 Å². The first kappa shape index (κ1) is 11.6. The molecule has 0 heterocycles. The summed E-state index contributed by atoms with van der Waals surface area (Å²) in [6.45, 7) is -2.31. The maximum Gasteiger partial charge on any atom is 0.330 e. The Morgan fingerprint density at radius 2 is 2.00 bits per heavy atom. The van der Waals surface area contributed by atoms with Crippen LogP contribution < -0.4 is 0 Å². The minimum absolute atomic E-state index is 0.802. The number of alkyl halides is 4. The first-order valence-corrected chi connectivity index (χ1v) is 3.16. The van der Waals surface area contributed by atoms with Crippen LogP contribution in [-0.4, -0.2) is 30.8 Å². The van der Waals surface area contributed by atoms with Gasteiger partial charge in [-0.1, -0.05) is 0 Å². The molecule has 0 unspecified atom stereocenters. The van der Waals surface area contributed by atoms with Crippen LogP contribution in [0.5, 0.6) is 0 Å². The summed E-state index contributed by atoms with van der Waals surface area (Å²) in [5.74, 6) is -4.23. The number of carbonyl (C=O) groups is 1. The number of carbonyl (C=O) groups excluding carboxylic acids is 1. The Morgan fingerprint density at radius 3 is 2.33 bits per heavy atom. The van der Waals surface area contributed by atoms with Gasteiger partial charge in [0.25, 0.3) is 0 Å². The third-order valence-corrected chi connectivity index (χ3v) is 0.938. The Bertz CT molecular complexity index is 162. The van der Waals surface area contributed by atoms with Gasteiger partial charge in [0, 0.05) is 0 Å². The molecule has 2 nitrogen and oxygen atoms in total. The summed E-state index contributed by atoms with van der Waals surface area (Å²) in [5, 5.41) is -1.01. The largest absolute Gasteiger partial charge is 0.366 e. The maximum atomic E-state index is 12.0. The summed E-state index contributed by atoms with van der Waals surface area (Å²) >= 11 is 4.69. The van der Waals surface area contributed by atoms with Crippen molar-refractivity contribution in [2.45, 2.75) is 12.3 Å². The predicted octanol–water partition coefficient (Wildman–Crippen LogP) is 1.67. The average molecular weight is 209 g/mol. The molecule has 72 valence electrons. The highest BCUT2D eigenvalue weighted by atomic mass is 35.5. The van der Waals surface area contributed by atoms with Gasteiger partial charge in [-0.25, -0.2) is 8.78 Å². The molecule has 0 atom stereocenters. The molecular weight excluding hydrogens is 203 g/mol. The van der Waals surface area contributed by atoms with Crippen molar-refractivity contribution < 1.29 is 27.1 Å². The molecule has 0 radical (unpaired) electrons. The second kappa shape index (κ2) is 4.61. The van der Waals surface area contributed by atoms with Crippen LogP contribution in [-0.2, 0) is 9.53 Å². The molecule has 7 heteroatoms. The molecule has 0 bridgehead atoms. The standard InChI is InChI=1S/C5H5ClF4O2/c6-3(11)1-12-2-5(9,10)4(7)8/h4H,1-2H2. The van der Waals surface area contributed by atoms with E-state index in [0.29, 0.717) is 0 Å². The average Bonchev–Trinajstić information content (AvgIpc) is 1.85. The number of hydrogen-bond donors (Lipinski definition) is 0. The lowest BCUT2D eigenvalue weighted by Gasteiger charge is -2.13. The Kier molecular flexibility index (Phi) is 4.47. The molecule has 0 aliphatic heterocycles. The molecule has 0 aromatic rings. The smallest absolute Gasteiger partial charge is 0.330 e. The van der Waals surface area contributed by atoms with Crippen molar-refractivity contribution in [3.8, 4) is 0 Å². The molecule has 0 saturated heterocycles. The van der Waals surface area contributed by atoms with Crippen LogP contribution in [0.25, 0.3) is 0 Å². The summed E-state index contributed by atoms with van der Waals surface area (Å²) in [5.41, 5.74) is 0. The number of rotatable bonds is 5. The fourth-order valence-corrected chi connectivity index (χ4v) is 0.407. The van der Waals surface area contributed by atoms with Gasteiger partial charge in [-0.2, -0.15) is 8.78 Å². The van der Waals surface area contributed by atoms with E-state index in [1.165, 1.54) is 0 Å². The lowest BCUT2D eigenvalue weighted by Crippen LogP contribution is -2.32. The van der Waals surface area contributed by atoms with Crippen LogP contribution in [0, 0.1) is 0 Å². The Balaban J connectivity index is 3.69. The summed E-state index contributed by atoms with van der Waals surface area (Å²) in [7, 11) is 0. The minimum Gasteiger partial charge on any atom is -0.366 e. The topological polar surface area (TPSA) is 26.3 Å². The van der Waals surface area contributed by atoms with Crippen molar-refractivity contribution in [3.05, 3.63) is 0 Å². The van der Waals surface area contributed by atoms with E-state index in [1.807, 2.05) is 0 Å². The molecule has 0 N–H and O–H groups in total. The highest BCUT2D eigenvalue weighted by molar-refractivity contribution is 6.63. The van der Waals surface area contributed by atoms with E-state index in [-0.39, 0.29) is 0 Å². The van der Waals surface area contributed by atoms with Gasteiger partial charge in [0.2, 0.25) is 5.24 Å². The van der Waals surface area contributed by atoms with Gasteiger partial charge in [0.05, 0.1) is 0 Å². The molecule has 0 amide bonds. The lowest BCUT2D eigenvalue weighted by molar-refractivity contribution is -0.166. The van der Waals surface area contributed by atoms with Crippen LogP contribution in [0.3, 0.4) is 0 Å². The van der Waals surface area contributed by atoms with Crippen molar-refractivity contribution in [1.82, 2.24) is 0 Å². The van der Waals surface area contributed by atoms with Gasteiger partial charge in [-0.3, -0.25) is 4.79 Å². The molecule has 0 rings (SSSR count). The molecule has 0 fully saturated rings. The zero-order valence-corrected chi connectivity index (χ0v) is 6.45. The van der Waals surface area contributed by atoms with Gasteiger partial charge in [0.15, 0.2) is 0 Å². The fraction of sp³-hybridized carbons (Fsp3) is 0.800. The Hall–Kier alpha value is -0.360. The molecule has 0 aromatic carbocycles. The SMILES string of the molecule is O=C(Cl)COCC(F)(F)C(F)F. The third kappa shape index (κ3) is 4.50. The van der Waals surface area contributed by atoms with Gasteiger partial charge >= 0.3 is 12.3 Å². The van der Waals surface area contributed by atoms with Crippen LogP contribution in [0.1, 0.15) is 0 Å². The van der Waals surface area contributed by atoms with E-state index >= 15 is 0 Å². The minimum atomic E-state index is -4.23. The first-order chi connectivity index (χ1) is 5.36. The summed E-state index contributed by atoms with van der Waals surface area (Å²) in [6.07, 6.45) is -3.80. The highest BCUT2D eigenvalue weighted by Crippen LogP contribution is 2.22. The molecule has 12 heavy (non-hydrogen) atoms. The molecule has 0 saturated carbocycles. The van der Waals surface area contributed by atoms with Crippen molar-refractivity contribution in [1.29, 1.82) is 0 Å². The van der Waals surface area contributed by atoms with Gasteiger partial charge < -0.3 is 4.74 Å². The molecule has 0 aliphatic carbocycles. The number of hydrogen-bond acceptors (Lipinski definition) is 2. The van der Waals surface area contributed by atoms with Crippen molar-refractivity contribution in [2.75, 3.05) is 13.2 Å². The number of halogens is 5. The summed E-state index contributed by atoms with van der Waals surface area (Å²) in [6, 6.07) is 0. The molecule has 0 spiro atoms. The zero-order chi connectivity index (χ0) is 9.78. The summed E-state index contributed by atoms with van der Waals surface area (Å²) in [4.78, 5) is 9.91. The van der Waals surface area contributed by atoms with Crippen molar-refractivity contribution in [2.24, 2.45) is 0 Å². The fourth-order valence-electron chi connectivity index (χ4n) is 0.330. The normalized spacial score (nSPS) is 12.2. The van der Waals surface area contributed by atoms with Crippen LogP contribution in [0.15, 0.2) is 0 Å². The highest BCUT2D eigenvalue weighted by Gasteiger charge is 2.40. The van der Waals surface area contributed by atoms with E-state index in [4.69, 9.17) is 0 Å². The zero-order valence-electron chi connectivity index (χ0n) is 5.70. The van der Waals surface area contributed by atoms with Crippen LogP contribution >= 0.6 is 11.6 Å². The van der Waals surface area contributed by atoms with E-state index < -0.39 is 30.8 Å². The van der Waals surface area contributed by atoms with E-state index in [2.05, 4.69) is 16.3 Å². The second-order valence-corrected chi connectivity index (χ2v) is 2.33. The van der Waals surface area contributed by atoms with Crippen LogP contribution in [0.2, 0.25) is 0 Å². The monoisotopic (exact) mass is 208 g/mol. The van der Waals surface area contributed by atoms with E-state index in [1.54, 1.807) is 0 Å². The Labute approximate surface area is 70.4 Å². The molecule has 0 aromatic heterocycles. The van der Waals surface area contributed by atoms with Crippen molar-refractivity contribution >= 4 is 16.8 Å². The maximum absolute atomic E-state index is 12.0. The van der Waals surface area contributed by atoms with Crippen molar-refractivity contribution in [3.63, 3.8) is 0 Å². The first-order valence-electron chi connectivity index (χ1n) is 2.78. The van der Waals surface area contributed by atoms with Crippen LogP contribution in [0.4, 0.5) is 17.6 Å². The van der Waals surface area contributed by atoms with Gasteiger partial charge in [-0.05, 0) is 11.6 Å². The lowest BCUT2D eigenvalue weighted by atomic mass is 10.4. The van der Waals surface area contributed by atoms with Gasteiger partial charge in [-0.15, -0.1) is 0 Å². The van der Waals surface area contributed by atoms with Gasteiger partial charge in [0.1, 0.15) is 13.2 Å². The molecule has 0 aliphatic rings. The Morgan fingerprint density at radius 1 is 1.50 bits per heavy atom. The second-order valence-electron chi connectivity index (χ2n) is 1.91. The van der Waals surface area contributed by atoms with E-state index in [0.717, 1.165) is 0 Å². The number of ether oxygens (including phenoxy) is 1. The summed E-state index contributed by atoms with van der Waals surface area (Å²) < 4.78 is 50.6.